The summed E-state index contributed by atoms with van der Waals surface area (Å²) in [6, 6.07) is 2.03. The summed E-state index contributed by atoms with van der Waals surface area (Å²) in [6.45, 7) is 7.68. The number of nitrogens with zero attached hydrogens (tertiary/aromatic N) is 4. The van der Waals surface area contributed by atoms with E-state index < -0.39 is 0 Å². The molecule has 1 saturated heterocycles. The quantitative estimate of drug-likeness (QED) is 0.833. The molecule has 6 nitrogen and oxygen atoms in total. The monoisotopic (exact) mass is 343 g/mol. The molecular formula is C19H29N5O. The molecule has 136 valence electrons. The molecule has 6 heteroatoms. The SMILES string of the molecule is CC(=O)N1CCN(c2cc(C)nc(NCCC3=CCCCC3)n2)CC1. The number of hydrogen-bond donors (Lipinski definition) is 1. The lowest BCUT2D eigenvalue weighted by Crippen LogP contribution is -2.48. The average molecular weight is 343 g/mol. The topological polar surface area (TPSA) is 61.4 Å². The number of aryl methyl sites for hydroxylation is 1. The predicted octanol–water partition coefficient (Wildman–Crippen LogP) is 2.76. The Kier molecular flexibility index (Phi) is 5.89. The number of amides is 1. The van der Waals surface area contributed by atoms with Crippen LogP contribution >= 0.6 is 0 Å². The predicted molar refractivity (Wildman–Crippen MR) is 101 cm³/mol. The molecule has 1 aliphatic carbocycles. The maximum Gasteiger partial charge on any atom is 0.224 e. The first-order valence-corrected chi connectivity index (χ1v) is 9.40. The minimum Gasteiger partial charge on any atom is -0.354 e. The smallest absolute Gasteiger partial charge is 0.224 e. The molecule has 1 aromatic rings. The Morgan fingerprint density at radius 2 is 2.00 bits per heavy atom. The van der Waals surface area contributed by atoms with E-state index in [9.17, 15) is 4.79 Å². The summed E-state index contributed by atoms with van der Waals surface area (Å²) < 4.78 is 0. The largest absolute Gasteiger partial charge is 0.354 e. The van der Waals surface area contributed by atoms with Crippen molar-refractivity contribution < 1.29 is 4.79 Å². The normalized spacial score (nSPS) is 18.1. The molecule has 0 unspecified atom stereocenters. The second kappa shape index (κ2) is 8.32. The maximum atomic E-state index is 11.5. The van der Waals surface area contributed by atoms with Crippen LogP contribution in [0.2, 0.25) is 0 Å². The molecule has 0 atom stereocenters. The van der Waals surface area contributed by atoms with E-state index in [0.717, 1.165) is 50.7 Å². The fraction of sp³-hybridized carbons (Fsp3) is 0.632. The highest BCUT2D eigenvalue weighted by Crippen LogP contribution is 2.21. The van der Waals surface area contributed by atoms with Gasteiger partial charge in [0.25, 0.3) is 0 Å². The molecule has 3 rings (SSSR count). The number of carbonyl (C=O) groups excluding carboxylic acids is 1. The van der Waals surface area contributed by atoms with Gasteiger partial charge in [-0.3, -0.25) is 4.79 Å². The Labute approximate surface area is 150 Å². The van der Waals surface area contributed by atoms with Crippen LogP contribution in [0.4, 0.5) is 11.8 Å². The molecule has 0 aromatic carbocycles. The molecule has 2 aliphatic rings. The van der Waals surface area contributed by atoms with Gasteiger partial charge in [-0.1, -0.05) is 11.6 Å². The fourth-order valence-corrected chi connectivity index (χ4v) is 3.51. The lowest BCUT2D eigenvalue weighted by atomic mass is 9.97. The number of hydrogen-bond acceptors (Lipinski definition) is 5. The zero-order chi connectivity index (χ0) is 17.6. The molecular weight excluding hydrogens is 314 g/mol. The van der Waals surface area contributed by atoms with Crippen molar-refractivity contribution >= 4 is 17.7 Å². The van der Waals surface area contributed by atoms with Gasteiger partial charge in [0.1, 0.15) is 5.82 Å². The Bertz CT molecular complexity index is 635. The van der Waals surface area contributed by atoms with Crippen molar-refractivity contribution in [3.8, 4) is 0 Å². The van der Waals surface area contributed by atoms with Crippen molar-refractivity contribution in [1.29, 1.82) is 0 Å². The molecule has 2 heterocycles. The summed E-state index contributed by atoms with van der Waals surface area (Å²) in [7, 11) is 0. The molecule has 0 radical (unpaired) electrons. The molecule has 1 N–H and O–H groups in total. The number of aromatic nitrogens is 2. The standard InChI is InChI=1S/C19H29N5O/c1-15-14-18(24-12-10-23(11-13-24)16(2)25)22-19(21-15)20-9-8-17-6-4-3-5-7-17/h6,14H,3-5,7-13H2,1-2H3,(H,20,21,22). The first-order chi connectivity index (χ1) is 12.1. The first-order valence-electron chi connectivity index (χ1n) is 9.40. The van der Waals surface area contributed by atoms with Crippen molar-refractivity contribution in [3.63, 3.8) is 0 Å². The van der Waals surface area contributed by atoms with E-state index >= 15 is 0 Å². The van der Waals surface area contributed by atoms with E-state index in [1.165, 1.54) is 25.7 Å². The third-order valence-electron chi connectivity index (χ3n) is 5.00. The summed E-state index contributed by atoms with van der Waals surface area (Å²) in [5, 5.41) is 3.39. The molecule has 1 aromatic heterocycles. The van der Waals surface area contributed by atoms with Crippen LogP contribution in [0.1, 0.15) is 44.7 Å². The minimum absolute atomic E-state index is 0.151. The molecule has 0 spiro atoms. The van der Waals surface area contributed by atoms with Crippen LogP contribution in [0.25, 0.3) is 0 Å². The van der Waals surface area contributed by atoms with Gasteiger partial charge in [-0.15, -0.1) is 0 Å². The number of nitrogens with one attached hydrogen (secondary N) is 1. The molecule has 1 fully saturated rings. The Balaban J connectivity index is 1.57. The highest BCUT2D eigenvalue weighted by molar-refractivity contribution is 5.73. The van der Waals surface area contributed by atoms with E-state index in [0.29, 0.717) is 5.95 Å². The molecule has 1 aliphatic heterocycles. The van der Waals surface area contributed by atoms with Crippen LogP contribution in [0.15, 0.2) is 17.7 Å². The van der Waals surface area contributed by atoms with Crippen molar-refractivity contribution in [2.75, 3.05) is 42.9 Å². The van der Waals surface area contributed by atoms with Crippen molar-refractivity contribution in [2.24, 2.45) is 0 Å². The molecule has 25 heavy (non-hydrogen) atoms. The fourth-order valence-electron chi connectivity index (χ4n) is 3.51. The lowest BCUT2D eigenvalue weighted by molar-refractivity contribution is -0.129. The summed E-state index contributed by atoms with van der Waals surface area (Å²) in [6.07, 6.45) is 8.59. The van der Waals surface area contributed by atoms with E-state index in [1.807, 2.05) is 17.9 Å². The van der Waals surface area contributed by atoms with E-state index in [2.05, 4.69) is 21.3 Å². The van der Waals surface area contributed by atoms with Gasteiger partial charge in [0.15, 0.2) is 0 Å². The van der Waals surface area contributed by atoms with Gasteiger partial charge in [-0.2, -0.15) is 4.98 Å². The average Bonchev–Trinajstić information content (AvgIpc) is 2.62. The van der Waals surface area contributed by atoms with E-state index in [4.69, 9.17) is 4.98 Å². The maximum absolute atomic E-state index is 11.5. The van der Waals surface area contributed by atoms with Crippen molar-refractivity contribution in [1.82, 2.24) is 14.9 Å². The van der Waals surface area contributed by atoms with Gasteiger partial charge in [-0.25, -0.2) is 4.98 Å². The van der Waals surface area contributed by atoms with Crippen LogP contribution in [-0.4, -0.2) is 53.5 Å². The molecule has 1 amide bonds. The Morgan fingerprint density at radius 3 is 2.68 bits per heavy atom. The number of allylic oxidation sites excluding steroid dienone is 1. The van der Waals surface area contributed by atoms with Gasteiger partial charge in [0, 0.05) is 51.4 Å². The molecule has 0 bridgehead atoms. The second-order valence-electron chi connectivity index (χ2n) is 6.97. The third kappa shape index (κ3) is 4.94. The number of anilines is 2. The highest BCUT2D eigenvalue weighted by Gasteiger charge is 2.20. The lowest BCUT2D eigenvalue weighted by Gasteiger charge is -2.35. The van der Waals surface area contributed by atoms with Crippen molar-refractivity contribution in [2.45, 2.75) is 46.0 Å². The summed E-state index contributed by atoms with van der Waals surface area (Å²) in [5.41, 5.74) is 2.53. The second-order valence-corrected chi connectivity index (χ2v) is 6.97. The van der Waals surface area contributed by atoms with Gasteiger partial charge in [0.2, 0.25) is 11.9 Å². The van der Waals surface area contributed by atoms with Crippen LogP contribution in [0, 0.1) is 6.92 Å². The summed E-state index contributed by atoms with van der Waals surface area (Å²) in [5.74, 6) is 1.81. The zero-order valence-corrected chi connectivity index (χ0v) is 15.4. The number of piperazine rings is 1. The van der Waals surface area contributed by atoms with E-state index in [-0.39, 0.29) is 5.91 Å². The Morgan fingerprint density at radius 1 is 1.20 bits per heavy atom. The number of rotatable bonds is 5. The minimum atomic E-state index is 0.151. The van der Waals surface area contributed by atoms with Gasteiger partial charge in [-0.05, 0) is 39.0 Å². The van der Waals surface area contributed by atoms with Crippen LogP contribution in [-0.2, 0) is 4.79 Å². The van der Waals surface area contributed by atoms with E-state index in [1.54, 1.807) is 12.5 Å². The van der Waals surface area contributed by atoms with Crippen LogP contribution < -0.4 is 10.2 Å². The van der Waals surface area contributed by atoms with Crippen molar-refractivity contribution in [3.05, 3.63) is 23.4 Å². The van der Waals surface area contributed by atoms with Crippen LogP contribution in [0.3, 0.4) is 0 Å². The van der Waals surface area contributed by atoms with Gasteiger partial charge >= 0.3 is 0 Å². The Hall–Kier alpha value is -2.11. The third-order valence-corrected chi connectivity index (χ3v) is 5.00. The van der Waals surface area contributed by atoms with Crippen LogP contribution in [0.5, 0.6) is 0 Å². The van der Waals surface area contributed by atoms with Gasteiger partial charge in [0.05, 0.1) is 0 Å². The molecule has 0 saturated carbocycles. The zero-order valence-electron chi connectivity index (χ0n) is 15.4. The number of carbonyl (C=O) groups is 1. The summed E-state index contributed by atoms with van der Waals surface area (Å²) in [4.78, 5) is 24.8. The first kappa shape index (κ1) is 17.7. The summed E-state index contributed by atoms with van der Waals surface area (Å²) >= 11 is 0. The highest BCUT2D eigenvalue weighted by atomic mass is 16.2. The van der Waals surface area contributed by atoms with Gasteiger partial charge < -0.3 is 15.1 Å².